The van der Waals surface area contributed by atoms with Crippen LogP contribution < -0.4 is 14.4 Å². The number of anilines is 1. The van der Waals surface area contributed by atoms with Gasteiger partial charge in [-0.1, -0.05) is 35.5 Å². The first-order valence-corrected chi connectivity index (χ1v) is 12.3. The van der Waals surface area contributed by atoms with Gasteiger partial charge in [0.05, 0.1) is 19.3 Å². The van der Waals surface area contributed by atoms with Gasteiger partial charge in [0.15, 0.2) is 17.3 Å². The number of benzene rings is 2. The van der Waals surface area contributed by atoms with Crippen LogP contribution in [0.15, 0.2) is 53.1 Å². The molecule has 0 radical (unpaired) electrons. The van der Waals surface area contributed by atoms with E-state index in [1.54, 1.807) is 14.0 Å². The van der Waals surface area contributed by atoms with Crippen molar-refractivity contribution in [3.63, 3.8) is 0 Å². The van der Waals surface area contributed by atoms with Crippen molar-refractivity contribution in [3.8, 4) is 11.5 Å². The summed E-state index contributed by atoms with van der Waals surface area (Å²) in [5.74, 6) is 2.46. The summed E-state index contributed by atoms with van der Waals surface area (Å²) in [5, 5.41) is 3.82. The van der Waals surface area contributed by atoms with E-state index < -0.39 is 0 Å². The molecule has 1 amide bonds. The predicted molar refractivity (Wildman–Crippen MR) is 132 cm³/mol. The molecule has 1 saturated carbocycles. The van der Waals surface area contributed by atoms with E-state index in [0.29, 0.717) is 18.3 Å². The Kier molecular flexibility index (Phi) is 6.88. The third kappa shape index (κ3) is 5.42. The minimum atomic E-state index is 0.0120. The molecule has 2 heterocycles. The molecule has 1 aromatic heterocycles. The molecule has 1 atom stereocenters. The van der Waals surface area contributed by atoms with E-state index in [0.717, 1.165) is 49.5 Å². The third-order valence-electron chi connectivity index (χ3n) is 6.85. The first-order valence-electron chi connectivity index (χ1n) is 12.3. The van der Waals surface area contributed by atoms with Gasteiger partial charge < -0.3 is 23.8 Å². The molecule has 0 N–H and O–H groups in total. The maximum Gasteiger partial charge on any atom is 0.236 e. The van der Waals surface area contributed by atoms with Crippen LogP contribution in [0.1, 0.15) is 36.5 Å². The summed E-state index contributed by atoms with van der Waals surface area (Å²) in [6, 6.07) is 16.5. The maximum absolute atomic E-state index is 13.3. The molecule has 1 aliphatic carbocycles. The summed E-state index contributed by atoms with van der Waals surface area (Å²) >= 11 is 0. The van der Waals surface area contributed by atoms with Gasteiger partial charge in [-0.15, -0.1) is 0 Å². The number of hydrogen-bond donors (Lipinski definition) is 0. The zero-order chi connectivity index (χ0) is 24.2. The fraction of sp³-hybridized carbons (Fsp3) is 0.444. The van der Waals surface area contributed by atoms with Crippen LogP contribution in [-0.4, -0.2) is 59.8 Å². The number of methoxy groups -OCH3 is 1. The lowest BCUT2D eigenvalue weighted by Crippen LogP contribution is -2.56. The Hall–Kier alpha value is -3.55. The average Bonchev–Trinajstić information content (AvgIpc) is 3.26. The molecule has 2 fully saturated rings. The first kappa shape index (κ1) is 23.2. The fourth-order valence-corrected chi connectivity index (χ4v) is 4.74. The Morgan fingerprint density at radius 3 is 2.63 bits per heavy atom. The van der Waals surface area contributed by atoms with E-state index >= 15 is 0 Å². The molecule has 0 spiro atoms. The van der Waals surface area contributed by atoms with Gasteiger partial charge in [0.1, 0.15) is 6.42 Å². The SMILES string of the molecule is COc1ccc(N2CCN(C(=O)Cc3nc(C)no3)[C@@H](Cc3ccccc3)C2)cc1OC1CCC1. The van der Waals surface area contributed by atoms with E-state index in [1.165, 1.54) is 12.0 Å². The first-order chi connectivity index (χ1) is 17.1. The van der Waals surface area contributed by atoms with Crippen molar-refractivity contribution in [1.29, 1.82) is 0 Å². The number of carbonyl (C=O) groups is 1. The quantitative estimate of drug-likeness (QED) is 0.489. The molecule has 3 aromatic rings. The minimum absolute atomic E-state index is 0.0120. The molecule has 184 valence electrons. The normalized spacial score (nSPS) is 18.3. The number of carbonyl (C=O) groups excluding carboxylic acids is 1. The Bertz CT molecular complexity index is 1150. The zero-order valence-electron chi connectivity index (χ0n) is 20.4. The Balaban J connectivity index is 1.35. The number of nitrogens with zero attached hydrogens (tertiary/aromatic N) is 4. The van der Waals surface area contributed by atoms with Crippen LogP contribution in [0.2, 0.25) is 0 Å². The smallest absolute Gasteiger partial charge is 0.236 e. The molecule has 0 unspecified atom stereocenters. The highest BCUT2D eigenvalue weighted by Gasteiger charge is 2.32. The Morgan fingerprint density at radius 2 is 1.94 bits per heavy atom. The lowest BCUT2D eigenvalue weighted by Gasteiger charge is -2.42. The fourth-order valence-electron chi connectivity index (χ4n) is 4.74. The second kappa shape index (κ2) is 10.4. The number of ether oxygens (including phenoxy) is 2. The molecule has 2 aliphatic rings. The number of hydrogen-bond acceptors (Lipinski definition) is 7. The molecule has 8 nitrogen and oxygen atoms in total. The van der Waals surface area contributed by atoms with Crippen molar-refractivity contribution < 1.29 is 18.8 Å². The second-order valence-electron chi connectivity index (χ2n) is 9.29. The van der Waals surface area contributed by atoms with Crippen molar-refractivity contribution in [1.82, 2.24) is 15.0 Å². The molecule has 1 aliphatic heterocycles. The number of amides is 1. The lowest BCUT2D eigenvalue weighted by molar-refractivity contribution is -0.133. The summed E-state index contributed by atoms with van der Waals surface area (Å²) in [6.45, 7) is 3.83. The van der Waals surface area contributed by atoms with Crippen molar-refractivity contribution in [2.75, 3.05) is 31.6 Å². The molecule has 1 saturated heterocycles. The number of aryl methyl sites for hydroxylation is 1. The van der Waals surface area contributed by atoms with Crippen molar-refractivity contribution >= 4 is 11.6 Å². The molecular formula is C27H32N4O4. The van der Waals surface area contributed by atoms with Crippen molar-refractivity contribution in [3.05, 3.63) is 65.8 Å². The number of rotatable bonds is 8. The molecule has 8 heteroatoms. The van der Waals surface area contributed by atoms with Crippen LogP contribution in [0.3, 0.4) is 0 Å². The van der Waals surface area contributed by atoms with Crippen LogP contribution in [0, 0.1) is 6.92 Å². The zero-order valence-corrected chi connectivity index (χ0v) is 20.4. The minimum Gasteiger partial charge on any atom is -0.493 e. The molecular weight excluding hydrogens is 444 g/mol. The van der Waals surface area contributed by atoms with Crippen LogP contribution in [0.5, 0.6) is 11.5 Å². The summed E-state index contributed by atoms with van der Waals surface area (Å²) in [6.07, 6.45) is 4.56. The van der Waals surface area contributed by atoms with E-state index in [1.807, 2.05) is 29.2 Å². The molecule has 5 rings (SSSR count). The monoisotopic (exact) mass is 476 g/mol. The Labute approximate surface area is 205 Å². The Morgan fingerprint density at radius 1 is 1.11 bits per heavy atom. The van der Waals surface area contributed by atoms with Gasteiger partial charge >= 0.3 is 0 Å². The topological polar surface area (TPSA) is 80.9 Å². The maximum atomic E-state index is 13.3. The van der Waals surface area contributed by atoms with Gasteiger partial charge in [0.25, 0.3) is 0 Å². The highest BCUT2D eigenvalue weighted by atomic mass is 16.5. The number of piperazine rings is 1. The van der Waals surface area contributed by atoms with Crippen LogP contribution in [0.4, 0.5) is 5.69 Å². The van der Waals surface area contributed by atoms with Crippen LogP contribution >= 0.6 is 0 Å². The lowest BCUT2D eigenvalue weighted by atomic mass is 9.96. The van der Waals surface area contributed by atoms with Gasteiger partial charge in [-0.05, 0) is 50.3 Å². The van der Waals surface area contributed by atoms with E-state index in [2.05, 4.69) is 39.3 Å². The standard InChI is InChI=1S/C27H32N4O4/c1-19-28-26(35-29-19)17-27(32)31-14-13-30(18-22(31)15-20-7-4-3-5-8-20)21-11-12-24(33-2)25(16-21)34-23-9-6-10-23/h3-5,7-8,11-12,16,22-23H,6,9-10,13-15,17-18H2,1-2H3/t22-/m0/s1. The summed E-state index contributed by atoms with van der Waals surface area (Å²) < 4.78 is 17.0. The van der Waals surface area contributed by atoms with Crippen molar-refractivity contribution in [2.45, 2.75) is 51.2 Å². The largest absolute Gasteiger partial charge is 0.493 e. The highest BCUT2D eigenvalue weighted by Crippen LogP contribution is 2.36. The third-order valence-corrected chi connectivity index (χ3v) is 6.85. The summed E-state index contributed by atoms with van der Waals surface area (Å²) in [4.78, 5) is 21.8. The summed E-state index contributed by atoms with van der Waals surface area (Å²) in [5.41, 5.74) is 2.28. The van der Waals surface area contributed by atoms with Gasteiger partial charge in [-0.25, -0.2) is 0 Å². The van der Waals surface area contributed by atoms with Gasteiger partial charge in [0, 0.05) is 31.4 Å². The van der Waals surface area contributed by atoms with Gasteiger partial charge in [0.2, 0.25) is 11.8 Å². The van der Waals surface area contributed by atoms with E-state index in [-0.39, 0.29) is 24.5 Å². The molecule has 2 aromatic carbocycles. The highest BCUT2D eigenvalue weighted by molar-refractivity contribution is 5.78. The van der Waals surface area contributed by atoms with E-state index in [9.17, 15) is 4.79 Å². The molecule has 35 heavy (non-hydrogen) atoms. The van der Waals surface area contributed by atoms with Crippen LogP contribution in [-0.2, 0) is 17.6 Å². The predicted octanol–water partition coefficient (Wildman–Crippen LogP) is 3.82. The number of aromatic nitrogens is 2. The summed E-state index contributed by atoms with van der Waals surface area (Å²) in [7, 11) is 1.67. The second-order valence-corrected chi connectivity index (χ2v) is 9.29. The molecule has 0 bridgehead atoms. The van der Waals surface area contributed by atoms with Gasteiger partial charge in [-0.2, -0.15) is 4.98 Å². The average molecular weight is 477 g/mol. The van der Waals surface area contributed by atoms with Gasteiger partial charge in [-0.3, -0.25) is 4.79 Å². The van der Waals surface area contributed by atoms with Crippen molar-refractivity contribution in [2.24, 2.45) is 0 Å². The van der Waals surface area contributed by atoms with E-state index in [4.69, 9.17) is 14.0 Å². The van der Waals surface area contributed by atoms with Crippen LogP contribution in [0.25, 0.3) is 0 Å².